The van der Waals surface area contributed by atoms with Crippen molar-refractivity contribution in [2.45, 2.75) is 0 Å². The third-order valence-electron chi connectivity index (χ3n) is 2.09. The van der Waals surface area contributed by atoms with E-state index in [0.29, 0.717) is 5.69 Å². The normalized spacial score (nSPS) is 11.6. The van der Waals surface area contributed by atoms with Gasteiger partial charge in [0, 0.05) is 23.2 Å². The highest BCUT2D eigenvalue weighted by molar-refractivity contribution is 9.10. The zero-order valence-electron chi connectivity index (χ0n) is 8.22. The Bertz CT molecular complexity index is 608. The summed E-state index contributed by atoms with van der Waals surface area (Å²) in [5.41, 5.74) is 0.569. The van der Waals surface area contributed by atoms with Crippen molar-refractivity contribution in [3.63, 3.8) is 0 Å². The van der Waals surface area contributed by atoms with E-state index in [1.807, 2.05) is 6.07 Å². The molecule has 2 aromatic rings. The molecule has 0 atom stereocenters. The molecule has 6 heteroatoms. The molecule has 2 rings (SSSR count). The highest BCUT2D eigenvalue weighted by Gasteiger charge is 2.09. The van der Waals surface area contributed by atoms with E-state index in [4.69, 9.17) is 0 Å². The van der Waals surface area contributed by atoms with Crippen molar-refractivity contribution in [3.05, 3.63) is 36.7 Å². The van der Waals surface area contributed by atoms with Gasteiger partial charge in [0.05, 0.1) is 5.69 Å². The van der Waals surface area contributed by atoms with Gasteiger partial charge in [-0.3, -0.25) is 9.71 Å². The second kappa shape index (κ2) is 4.39. The molecule has 1 heterocycles. The van der Waals surface area contributed by atoms with Gasteiger partial charge in [0.1, 0.15) is 4.66 Å². The van der Waals surface area contributed by atoms with Crippen LogP contribution in [0.4, 0.5) is 5.69 Å². The molecule has 1 aromatic carbocycles. The molecule has 0 saturated heterocycles. The Morgan fingerprint density at radius 3 is 2.88 bits per heavy atom. The van der Waals surface area contributed by atoms with Crippen LogP contribution in [0.25, 0.3) is 10.8 Å². The number of aromatic nitrogens is 1. The van der Waals surface area contributed by atoms with Gasteiger partial charge in [0.2, 0.25) is 10.0 Å². The molecule has 1 N–H and O–H groups in total. The first-order chi connectivity index (χ1) is 7.62. The molecular weight excluding hydrogens is 292 g/mol. The van der Waals surface area contributed by atoms with Crippen molar-refractivity contribution >= 4 is 42.4 Å². The van der Waals surface area contributed by atoms with Crippen LogP contribution in [0.2, 0.25) is 0 Å². The number of pyridine rings is 1. The van der Waals surface area contributed by atoms with Crippen molar-refractivity contribution in [1.82, 2.24) is 4.98 Å². The van der Waals surface area contributed by atoms with Crippen LogP contribution in [-0.2, 0) is 10.0 Å². The van der Waals surface area contributed by atoms with Gasteiger partial charge in [-0.25, -0.2) is 8.42 Å². The minimum Gasteiger partial charge on any atom is -0.282 e. The SMILES string of the molecule is O=S(=O)(CBr)Nc1cccc2cnccc12. The topological polar surface area (TPSA) is 59.1 Å². The fourth-order valence-corrected chi connectivity index (χ4v) is 2.32. The molecule has 1 aromatic heterocycles. The van der Waals surface area contributed by atoms with Crippen LogP contribution in [0.15, 0.2) is 36.7 Å². The summed E-state index contributed by atoms with van der Waals surface area (Å²) >= 11 is 2.93. The molecule has 0 amide bonds. The van der Waals surface area contributed by atoms with E-state index in [0.717, 1.165) is 10.8 Å². The standard InChI is InChI=1S/C10H9BrN2O2S/c11-7-16(14,15)13-10-3-1-2-8-6-12-5-4-9(8)10/h1-6,13H,7H2. The van der Waals surface area contributed by atoms with E-state index in [1.54, 1.807) is 30.6 Å². The fraction of sp³-hybridized carbons (Fsp3) is 0.100. The first-order valence-electron chi connectivity index (χ1n) is 4.51. The lowest BCUT2D eigenvalue weighted by Crippen LogP contribution is -2.13. The van der Waals surface area contributed by atoms with Crippen LogP contribution in [0, 0.1) is 0 Å². The number of hydrogen-bond acceptors (Lipinski definition) is 3. The van der Waals surface area contributed by atoms with Crippen molar-refractivity contribution in [2.75, 3.05) is 9.38 Å². The van der Waals surface area contributed by atoms with E-state index < -0.39 is 10.0 Å². The Morgan fingerprint density at radius 1 is 1.31 bits per heavy atom. The number of anilines is 1. The average molecular weight is 301 g/mol. The predicted octanol–water partition coefficient (Wildman–Crippen LogP) is 2.33. The smallest absolute Gasteiger partial charge is 0.242 e. The third-order valence-corrected chi connectivity index (χ3v) is 4.72. The number of nitrogens with zero attached hydrogens (tertiary/aromatic N) is 1. The Balaban J connectivity index is 2.53. The molecule has 0 saturated carbocycles. The molecule has 16 heavy (non-hydrogen) atoms. The van der Waals surface area contributed by atoms with E-state index >= 15 is 0 Å². The van der Waals surface area contributed by atoms with Crippen molar-refractivity contribution < 1.29 is 8.42 Å². The summed E-state index contributed by atoms with van der Waals surface area (Å²) in [6.07, 6.45) is 3.33. The quantitative estimate of drug-likeness (QED) is 0.885. The molecule has 0 fully saturated rings. The maximum Gasteiger partial charge on any atom is 0.242 e. The maximum absolute atomic E-state index is 11.4. The summed E-state index contributed by atoms with van der Waals surface area (Å²) in [7, 11) is -3.32. The molecule has 0 aliphatic carbocycles. The maximum atomic E-state index is 11.4. The van der Waals surface area contributed by atoms with Crippen LogP contribution in [0.1, 0.15) is 0 Å². The highest BCUT2D eigenvalue weighted by Crippen LogP contribution is 2.23. The van der Waals surface area contributed by atoms with Gasteiger partial charge in [-0.05, 0) is 12.1 Å². The predicted molar refractivity (Wildman–Crippen MR) is 68.1 cm³/mol. The lowest BCUT2D eigenvalue weighted by molar-refractivity contribution is 0.606. The average Bonchev–Trinajstić information content (AvgIpc) is 2.29. The number of rotatable bonds is 3. The second-order valence-corrected chi connectivity index (χ2v) is 6.25. The number of sulfonamides is 1. The Morgan fingerprint density at radius 2 is 2.12 bits per heavy atom. The molecule has 0 aliphatic rings. The van der Waals surface area contributed by atoms with Crippen LogP contribution in [0.5, 0.6) is 0 Å². The van der Waals surface area contributed by atoms with Gasteiger partial charge >= 0.3 is 0 Å². The van der Waals surface area contributed by atoms with Crippen LogP contribution >= 0.6 is 15.9 Å². The van der Waals surface area contributed by atoms with E-state index in [2.05, 4.69) is 25.6 Å². The largest absolute Gasteiger partial charge is 0.282 e. The summed E-state index contributed by atoms with van der Waals surface area (Å²) in [6.45, 7) is 0. The molecule has 0 bridgehead atoms. The Labute approximate surface area is 102 Å². The van der Waals surface area contributed by atoms with Gasteiger partial charge in [0.15, 0.2) is 0 Å². The summed E-state index contributed by atoms with van der Waals surface area (Å²) < 4.78 is 25.3. The van der Waals surface area contributed by atoms with Gasteiger partial charge < -0.3 is 0 Å². The molecule has 84 valence electrons. The van der Waals surface area contributed by atoms with Crippen LogP contribution in [-0.4, -0.2) is 18.1 Å². The van der Waals surface area contributed by atoms with Gasteiger partial charge in [0.25, 0.3) is 0 Å². The van der Waals surface area contributed by atoms with Crippen LogP contribution in [0.3, 0.4) is 0 Å². The number of halogens is 1. The fourth-order valence-electron chi connectivity index (χ4n) is 1.41. The molecule has 0 unspecified atom stereocenters. The van der Waals surface area contributed by atoms with Crippen molar-refractivity contribution in [2.24, 2.45) is 0 Å². The van der Waals surface area contributed by atoms with Gasteiger partial charge in [-0.1, -0.05) is 28.1 Å². The molecular formula is C10H9BrN2O2S. The Kier molecular flexibility index (Phi) is 3.11. The lowest BCUT2D eigenvalue weighted by Gasteiger charge is -2.08. The second-order valence-electron chi connectivity index (χ2n) is 3.23. The lowest BCUT2D eigenvalue weighted by atomic mass is 10.1. The minimum absolute atomic E-state index is 0.124. The Hall–Kier alpha value is -1.14. The molecule has 0 spiro atoms. The summed E-state index contributed by atoms with van der Waals surface area (Å²) in [5.74, 6) is 0. The molecule has 0 radical (unpaired) electrons. The zero-order chi connectivity index (χ0) is 11.6. The van der Waals surface area contributed by atoms with E-state index in [1.165, 1.54) is 0 Å². The van der Waals surface area contributed by atoms with E-state index in [-0.39, 0.29) is 4.66 Å². The van der Waals surface area contributed by atoms with Gasteiger partial charge in [-0.15, -0.1) is 0 Å². The summed E-state index contributed by atoms with van der Waals surface area (Å²) in [4.78, 5) is 3.98. The summed E-state index contributed by atoms with van der Waals surface area (Å²) in [5, 5.41) is 1.74. The van der Waals surface area contributed by atoms with E-state index in [9.17, 15) is 8.42 Å². The van der Waals surface area contributed by atoms with Crippen LogP contribution < -0.4 is 4.72 Å². The third kappa shape index (κ3) is 2.33. The summed E-state index contributed by atoms with van der Waals surface area (Å²) in [6, 6.07) is 7.17. The van der Waals surface area contributed by atoms with Crippen molar-refractivity contribution in [3.8, 4) is 0 Å². The number of benzene rings is 1. The number of nitrogens with one attached hydrogen (secondary N) is 1. The van der Waals surface area contributed by atoms with Crippen molar-refractivity contribution in [1.29, 1.82) is 0 Å². The molecule has 0 aliphatic heterocycles. The first kappa shape index (κ1) is 11.3. The first-order valence-corrected chi connectivity index (χ1v) is 7.29. The monoisotopic (exact) mass is 300 g/mol. The number of hydrogen-bond donors (Lipinski definition) is 1. The zero-order valence-corrected chi connectivity index (χ0v) is 10.6. The van der Waals surface area contributed by atoms with Gasteiger partial charge in [-0.2, -0.15) is 0 Å². The number of alkyl halides is 1. The minimum atomic E-state index is -3.32. The molecule has 4 nitrogen and oxygen atoms in total. The number of fused-ring (bicyclic) bond motifs is 1. The highest BCUT2D eigenvalue weighted by atomic mass is 79.9.